The highest BCUT2D eigenvalue weighted by atomic mass is 16.4. The van der Waals surface area contributed by atoms with Gasteiger partial charge >= 0.3 is 5.69 Å². The maximum absolute atomic E-state index is 12.6. The van der Waals surface area contributed by atoms with Crippen molar-refractivity contribution in [2.75, 3.05) is 0 Å². The van der Waals surface area contributed by atoms with Crippen LogP contribution in [0.15, 0.2) is 87.5 Å². The number of benzene rings is 3. The minimum atomic E-state index is -1.44. The number of nitrogens with one attached hydrogen (secondary N) is 2. The van der Waals surface area contributed by atoms with Crippen LogP contribution in [0.2, 0.25) is 0 Å². The summed E-state index contributed by atoms with van der Waals surface area (Å²) in [5, 5.41) is 25.0. The monoisotopic (exact) mass is 467 g/mol. The highest BCUT2D eigenvalue weighted by Crippen LogP contribution is 2.25. The first kappa shape index (κ1) is 21.9. The zero-order valence-corrected chi connectivity index (χ0v) is 18.3. The number of carbonyl (C=O) groups is 1. The standard InChI is InChI=1S/C26H20N4O5/c31-23-19(14-28-21(25(33)34)12-16-13-27-20-10-4-3-8-17(16)20)24(32)30(26(35)29-23)22-11-5-7-15-6-1-2-9-18(15)22/h1-11,13-14,21,27,32H,12H2,(H,33,34)(H,29,31,35)/p-1/t21-/m0/s1. The molecule has 0 spiro atoms. The Morgan fingerprint density at radius 1 is 1.03 bits per heavy atom. The number of aromatic hydroxyl groups is 1. The molecule has 174 valence electrons. The zero-order valence-electron chi connectivity index (χ0n) is 18.3. The molecule has 3 N–H and O–H groups in total. The molecule has 0 amide bonds. The molecule has 0 aliphatic heterocycles. The van der Waals surface area contributed by atoms with E-state index in [1.165, 1.54) is 0 Å². The van der Waals surface area contributed by atoms with Crippen molar-refractivity contribution in [1.29, 1.82) is 0 Å². The first-order valence-corrected chi connectivity index (χ1v) is 10.8. The van der Waals surface area contributed by atoms with E-state index in [9.17, 15) is 24.6 Å². The van der Waals surface area contributed by atoms with Crippen LogP contribution in [-0.4, -0.2) is 37.9 Å². The summed E-state index contributed by atoms with van der Waals surface area (Å²) in [5.74, 6) is -2.09. The van der Waals surface area contributed by atoms with E-state index in [1.54, 1.807) is 30.5 Å². The van der Waals surface area contributed by atoms with Crippen molar-refractivity contribution in [3.63, 3.8) is 0 Å². The van der Waals surface area contributed by atoms with E-state index in [4.69, 9.17) is 0 Å². The summed E-state index contributed by atoms with van der Waals surface area (Å²) in [6.07, 6.45) is 2.66. The number of nitrogens with zero attached hydrogens (tertiary/aromatic N) is 2. The van der Waals surface area contributed by atoms with Crippen LogP contribution in [0, 0.1) is 0 Å². The van der Waals surface area contributed by atoms with E-state index in [-0.39, 0.29) is 12.0 Å². The summed E-state index contributed by atoms with van der Waals surface area (Å²) in [5.41, 5.74) is -0.159. The molecule has 0 radical (unpaired) electrons. The van der Waals surface area contributed by atoms with Gasteiger partial charge in [-0.1, -0.05) is 54.6 Å². The van der Waals surface area contributed by atoms with Crippen LogP contribution >= 0.6 is 0 Å². The van der Waals surface area contributed by atoms with Crippen molar-refractivity contribution >= 4 is 33.9 Å². The van der Waals surface area contributed by atoms with Gasteiger partial charge in [-0.2, -0.15) is 0 Å². The molecule has 0 aliphatic rings. The number of H-pyrrole nitrogens is 2. The van der Waals surface area contributed by atoms with Gasteiger partial charge in [0.1, 0.15) is 5.56 Å². The Morgan fingerprint density at radius 2 is 1.74 bits per heavy atom. The minimum absolute atomic E-state index is 0.00444. The second-order valence-electron chi connectivity index (χ2n) is 8.01. The Bertz CT molecular complexity index is 1720. The number of hydrogen-bond donors (Lipinski definition) is 3. The molecule has 0 bridgehead atoms. The largest absolute Gasteiger partial charge is 0.548 e. The summed E-state index contributed by atoms with van der Waals surface area (Å²) >= 11 is 0. The molecule has 0 unspecified atom stereocenters. The molecular formula is C26H19N4O5-. The summed E-state index contributed by atoms with van der Waals surface area (Å²) in [6.45, 7) is 0. The van der Waals surface area contributed by atoms with Crippen molar-refractivity contribution in [3.8, 4) is 11.6 Å². The Labute approximate surface area is 197 Å². The number of aromatic nitrogens is 3. The summed E-state index contributed by atoms with van der Waals surface area (Å²) in [4.78, 5) is 46.2. The lowest BCUT2D eigenvalue weighted by Crippen LogP contribution is -2.36. The van der Waals surface area contributed by atoms with E-state index in [0.717, 1.165) is 27.1 Å². The lowest BCUT2D eigenvalue weighted by atomic mass is 10.1. The van der Waals surface area contributed by atoms with Crippen LogP contribution in [0.5, 0.6) is 5.88 Å². The van der Waals surface area contributed by atoms with E-state index in [0.29, 0.717) is 16.6 Å². The van der Waals surface area contributed by atoms with Gasteiger partial charge in [-0.3, -0.25) is 14.8 Å². The summed E-state index contributed by atoms with van der Waals surface area (Å²) in [6, 6.07) is 18.5. The predicted molar refractivity (Wildman–Crippen MR) is 130 cm³/mol. The van der Waals surface area contributed by atoms with Crippen molar-refractivity contribution in [1.82, 2.24) is 14.5 Å². The predicted octanol–water partition coefficient (Wildman–Crippen LogP) is 1.65. The van der Waals surface area contributed by atoms with Crippen LogP contribution < -0.4 is 16.4 Å². The molecular weight excluding hydrogens is 448 g/mol. The van der Waals surface area contributed by atoms with Crippen molar-refractivity contribution in [2.45, 2.75) is 12.5 Å². The van der Waals surface area contributed by atoms with Crippen LogP contribution in [0.25, 0.3) is 27.4 Å². The number of carboxylic acids is 1. The third kappa shape index (κ3) is 3.99. The van der Waals surface area contributed by atoms with Gasteiger partial charge in [-0.25, -0.2) is 9.36 Å². The van der Waals surface area contributed by atoms with Crippen LogP contribution in [0.1, 0.15) is 11.1 Å². The number of rotatable bonds is 6. The number of carbonyl (C=O) groups excluding carboxylic acids is 1. The van der Waals surface area contributed by atoms with Gasteiger partial charge in [0.25, 0.3) is 5.56 Å². The molecule has 1 atom stereocenters. The van der Waals surface area contributed by atoms with E-state index in [1.807, 2.05) is 42.5 Å². The first-order chi connectivity index (χ1) is 16.9. The molecule has 0 saturated heterocycles. The third-order valence-corrected chi connectivity index (χ3v) is 5.87. The molecule has 0 fully saturated rings. The fourth-order valence-corrected chi connectivity index (χ4v) is 4.15. The van der Waals surface area contributed by atoms with Gasteiger partial charge in [0.15, 0.2) is 0 Å². The average Bonchev–Trinajstić information content (AvgIpc) is 3.26. The van der Waals surface area contributed by atoms with Crippen LogP contribution in [0.4, 0.5) is 0 Å². The second-order valence-corrected chi connectivity index (χ2v) is 8.01. The molecule has 2 aromatic heterocycles. The molecule has 0 aliphatic carbocycles. The number of aliphatic imine (C=N–C) groups is 1. The van der Waals surface area contributed by atoms with Crippen LogP contribution in [0.3, 0.4) is 0 Å². The smallest absolute Gasteiger partial charge is 0.335 e. The third-order valence-electron chi connectivity index (χ3n) is 5.87. The average molecular weight is 467 g/mol. The van der Waals surface area contributed by atoms with Crippen LogP contribution in [-0.2, 0) is 11.2 Å². The molecule has 2 heterocycles. The van der Waals surface area contributed by atoms with Gasteiger partial charge < -0.3 is 20.0 Å². The number of para-hydroxylation sites is 1. The van der Waals surface area contributed by atoms with Crippen molar-refractivity contribution in [3.05, 3.63) is 105 Å². The number of hydrogen-bond acceptors (Lipinski definition) is 6. The van der Waals surface area contributed by atoms with Crippen molar-refractivity contribution < 1.29 is 15.0 Å². The van der Waals surface area contributed by atoms with Gasteiger partial charge in [0.2, 0.25) is 5.88 Å². The number of fused-ring (bicyclic) bond motifs is 2. The zero-order chi connectivity index (χ0) is 24.5. The first-order valence-electron chi connectivity index (χ1n) is 10.8. The summed E-state index contributed by atoms with van der Waals surface area (Å²) < 4.78 is 0.957. The summed E-state index contributed by atoms with van der Waals surface area (Å²) in [7, 11) is 0. The normalized spacial score (nSPS) is 12.5. The van der Waals surface area contributed by atoms with Gasteiger partial charge in [-0.15, -0.1) is 0 Å². The molecule has 3 aromatic carbocycles. The number of carboxylic acid groups (broad SMARTS) is 1. The van der Waals surface area contributed by atoms with E-state index >= 15 is 0 Å². The Balaban J connectivity index is 1.56. The number of aliphatic carboxylic acids is 1. The van der Waals surface area contributed by atoms with E-state index in [2.05, 4.69) is 15.0 Å². The Hall–Kier alpha value is -4.92. The maximum atomic E-state index is 12.6. The minimum Gasteiger partial charge on any atom is -0.548 e. The molecule has 5 rings (SSSR count). The molecule has 35 heavy (non-hydrogen) atoms. The molecule has 0 saturated carbocycles. The molecule has 9 heteroatoms. The topological polar surface area (TPSA) is 143 Å². The van der Waals surface area contributed by atoms with Gasteiger partial charge in [0, 0.05) is 35.1 Å². The molecule has 5 aromatic rings. The lowest BCUT2D eigenvalue weighted by molar-refractivity contribution is -0.307. The highest BCUT2D eigenvalue weighted by Gasteiger charge is 2.17. The highest BCUT2D eigenvalue weighted by molar-refractivity contribution is 5.91. The van der Waals surface area contributed by atoms with Gasteiger partial charge in [-0.05, 0) is 23.1 Å². The maximum Gasteiger partial charge on any atom is 0.335 e. The van der Waals surface area contributed by atoms with E-state index < -0.39 is 29.1 Å². The SMILES string of the molecule is O=C([O-])[C@H](Cc1c[nH]c2ccccc12)N=Cc1c(O)n(-c2cccc3ccccc23)c(=O)[nH]c1=O. The fourth-order valence-electron chi connectivity index (χ4n) is 4.15. The molecule has 9 nitrogen and oxygen atoms in total. The quantitative estimate of drug-likeness (QED) is 0.325. The van der Waals surface area contributed by atoms with Gasteiger partial charge in [0.05, 0.1) is 17.7 Å². The Kier molecular flexibility index (Phi) is 5.50. The second kappa shape index (κ2) is 8.79. The number of aromatic amines is 2. The Morgan fingerprint density at radius 3 is 2.54 bits per heavy atom. The fraction of sp³-hybridized carbons (Fsp3) is 0.0769. The van der Waals surface area contributed by atoms with Crippen molar-refractivity contribution in [2.24, 2.45) is 4.99 Å². The lowest BCUT2D eigenvalue weighted by Gasteiger charge is -2.14.